The molecule has 0 fully saturated rings. The van der Waals surface area contributed by atoms with Crippen molar-refractivity contribution in [1.82, 2.24) is 0 Å². The van der Waals surface area contributed by atoms with Gasteiger partial charge in [0.2, 0.25) is 0 Å². The second-order valence-corrected chi connectivity index (χ2v) is 3.37. The highest BCUT2D eigenvalue weighted by Gasteiger charge is 1.98. The third-order valence-electron chi connectivity index (χ3n) is 2.15. The standard InChI is InChI=1S/C13H11FO2/c14-9-10-1-5-12(6-2-10)16-13-7-3-11(15)4-8-13/h1-8,15H,9H2. The largest absolute Gasteiger partial charge is 0.508 e. The van der Waals surface area contributed by atoms with E-state index in [1.54, 1.807) is 48.5 Å². The molecule has 0 aromatic heterocycles. The quantitative estimate of drug-likeness (QED) is 0.851. The minimum Gasteiger partial charge on any atom is -0.508 e. The van der Waals surface area contributed by atoms with Gasteiger partial charge < -0.3 is 9.84 Å². The summed E-state index contributed by atoms with van der Waals surface area (Å²) >= 11 is 0. The first-order valence-electron chi connectivity index (χ1n) is 4.90. The number of hydrogen-bond acceptors (Lipinski definition) is 2. The fourth-order valence-corrected chi connectivity index (χ4v) is 1.30. The van der Waals surface area contributed by atoms with Crippen molar-refractivity contribution in [3.63, 3.8) is 0 Å². The van der Waals surface area contributed by atoms with E-state index in [4.69, 9.17) is 9.84 Å². The predicted molar refractivity (Wildman–Crippen MR) is 59.4 cm³/mol. The van der Waals surface area contributed by atoms with E-state index in [2.05, 4.69) is 0 Å². The first-order valence-corrected chi connectivity index (χ1v) is 4.90. The number of hydrogen-bond donors (Lipinski definition) is 1. The lowest BCUT2D eigenvalue weighted by molar-refractivity contribution is 0.463. The van der Waals surface area contributed by atoms with Gasteiger partial charge in [0.25, 0.3) is 0 Å². The topological polar surface area (TPSA) is 29.5 Å². The van der Waals surface area contributed by atoms with E-state index in [0.29, 0.717) is 17.1 Å². The van der Waals surface area contributed by atoms with E-state index in [1.807, 2.05) is 0 Å². The van der Waals surface area contributed by atoms with Crippen LogP contribution in [0.2, 0.25) is 0 Å². The van der Waals surface area contributed by atoms with Crippen molar-refractivity contribution in [2.45, 2.75) is 6.67 Å². The van der Waals surface area contributed by atoms with Gasteiger partial charge in [-0.05, 0) is 42.0 Å². The molecule has 0 saturated carbocycles. The molecule has 82 valence electrons. The molecule has 0 atom stereocenters. The molecule has 0 unspecified atom stereocenters. The van der Waals surface area contributed by atoms with Gasteiger partial charge in [-0.3, -0.25) is 0 Å². The maximum absolute atomic E-state index is 12.3. The van der Waals surface area contributed by atoms with Crippen molar-refractivity contribution in [2.24, 2.45) is 0 Å². The molecular weight excluding hydrogens is 207 g/mol. The Hall–Kier alpha value is -2.03. The van der Waals surface area contributed by atoms with Crippen LogP contribution in [-0.2, 0) is 6.67 Å². The molecule has 0 heterocycles. The molecule has 1 N–H and O–H groups in total. The minimum atomic E-state index is -0.473. The molecule has 2 aromatic carbocycles. The first-order chi connectivity index (χ1) is 7.78. The second-order valence-electron chi connectivity index (χ2n) is 3.37. The minimum absolute atomic E-state index is 0.195. The van der Waals surface area contributed by atoms with Gasteiger partial charge in [-0.15, -0.1) is 0 Å². The average molecular weight is 218 g/mol. The van der Waals surface area contributed by atoms with Crippen LogP contribution < -0.4 is 4.74 Å². The van der Waals surface area contributed by atoms with E-state index in [-0.39, 0.29) is 5.75 Å². The smallest absolute Gasteiger partial charge is 0.127 e. The SMILES string of the molecule is Oc1ccc(Oc2ccc(CF)cc2)cc1. The van der Waals surface area contributed by atoms with Crippen molar-refractivity contribution < 1.29 is 14.2 Å². The number of benzene rings is 2. The van der Waals surface area contributed by atoms with Gasteiger partial charge in [0, 0.05) is 0 Å². The Bertz CT molecular complexity index is 448. The van der Waals surface area contributed by atoms with Gasteiger partial charge in [0.15, 0.2) is 0 Å². The summed E-state index contributed by atoms with van der Waals surface area (Å²) in [6.45, 7) is -0.473. The molecular formula is C13H11FO2. The van der Waals surface area contributed by atoms with Crippen LogP contribution in [0, 0.1) is 0 Å². The molecule has 0 aliphatic heterocycles. The van der Waals surface area contributed by atoms with Crippen LogP contribution in [0.25, 0.3) is 0 Å². The van der Waals surface area contributed by atoms with Crippen molar-refractivity contribution in [2.75, 3.05) is 0 Å². The van der Waals surface area contributed by atoms with Crippen molar-refractivity contribution >= 4 is 0 Å². The van der Waals surface area contributed by atoms with E-state index in [0.717, 1.165) is 0 Å². The summed E-state index contributed by atoms with van der Waals surface area (Å²) < 4.78 is 17.8. The second kappa shape index (κ2) is 4.66. The van der Waals surface area contributed by atoms with E-state index in [9.17, 15) is 4.39 Å². The summed E-state index contributed by atoms with van der Waals surface area (Å²) in [4.78, 5) is 0. The van der Waals surface area contributed by atoms with Crippen molar-refractivity contribution in [3.8, 4) is 17.2 Å². The highest BCUT2D eigenvalue weighted by atomic mass is 19.1. The van der Waals surface area contributed by atoms with Gasteiger partial charge in [0.1, 0.15) is 23.9 Å². The molecule has 0 radical (unpaired) electrons. The summed E-state index contributed by atoms with van der Waals surface area (Å²) in [5, 5.41) is 9.09. The van der Waals surface area contributed by atoms with Crippen molar-refractivity contribution in [3.05, 3.63) is 54.1 Å². The molecule has 0 saturated heterocycles. The summed E-state index contributed by atoms with van der Waals surface area (Å²) in [5.74, 6) is 1.47. The molecule has 2 rings (SSSR count). The molecule has 16 heavy (non-hydrogen) atoms. The fraction of sp³-hybridized carbons (Fsp3) is 0.0769. The third-order valence-corrected chi connectivity index (χ3v) is 2.15. The van der Waals surface area contributed by atoms with Gasteiger partial charge in [-0.25, -0.2) is 4.39 Å². The summed E-state index contributed by atoms with van der Waals surface area (Å²) in [6, 6.07) is 13.2. The van der Waals surface area contributed by atoms with Crippen LogP contribution in [0.1, 0.15) is 5.56 Å². The van der Waals surface area contributed by atoms with Gasteiger partial charge >= 0.3 is 0 Å². The molecule has 2 nitrogen and oxygen atoms in total. The first kappa shape index (κ1) is 10.5. The van der Waals surface area contributed by atoms with E-state index < -0.39 is 6.67 Å². The Kier molecular flexibility index (Phi) is 3.05. The zero-order chi connectivity index (χ0) is 11.4. The zero-order valence-corrected chi connectivity index (χ0v) is 8.56. The highest BCUT2D eigenvalue weighted by molar-refractivity contribution is 5.35. The Morgan fingerprint density at radius 3 is 1.88 bits per heavy atom. The number of alkyl halides is 1. The van der Waals surface area contributed by atoms with Crippen LogP contribution in [0.15, 0.2) is 48.5 Å². The maximum atomic E-state index is 12.3. The number of rotatable bonds is 3. The van der Waals surface area contributed by atoms with Crippen molar-refractivity contribution in [1.29, 1.82) is 0 Å². The molecule has 0 aliphatic carbocycles. The summed E-state index contributed by atoms with van der Waals surface area (Å²) in [5.41, 5.74) is 0.623. The maximum Gasteiger partial charge on any atom is 0.127 e. The molecule has 0 aliphatic rings. The Morgan fingerprint density at radius 1 is 0.875 bits per heavy atom. The lowest BCUT2D eigenvalue weighted by atomic mass is 10.2. The number of aromatic hydroxyl groups is 1. The highest BCUT2D eigenvalue weighted by Crippen LogP contribution is 2.23. The van der Waals surface area contributed by atoms with Gasteiger partial charge in [0.05, 0.1) is 0 Å². The number of ether oxygens (including phenoxy) is 1. The Morgan fingerprint density at radius 2 is 1.38 bits per heavy atom. The van der Waals surface area contributed by atoms with Crippen LogP contribution in [-0.4, -0.2) is 5.11 Å². The lowest BCUT2D eigenvalue weighted by Crippen LogP contribution is -1.84. The zero-order valence-electron chi connectivity index (χ0n) is 8.56. The molecule has 0 bridgehead atoms. The van der Waals surface area contributed by atoms with Gasteiger partial charge in [-0.1, -0.05) is 12.1 Å². The molecule has 2 aromatic rings. The summed E-state index contributed by atoms with van der Waals surface area (Å²) in [6.07, 6.45) is 0. The predicted octanol–water partition coefficient (Wildman–Crippen LogP) is 3.65. The van der Waals surface area contributed by atoms with Crippen LogP contribution >= 0.6 is 0 Å². The average Bonchev–Trinajstić information content (AvgIpc) is 2.33. The van der Waals surface area contributed by atoms with Crippen LogP contribution in [0.4, 0.5) is 4.39 Å². The number of phenolic OH excluding ortho intramolecular Hbond substituents is 1. The van der Waals surface area contributed by atoms with Crippen LogP contribution in [0.5, 0.6) is 17.2 Å². The van der Waals surface area contributed by atoms with E-state index in [1.165, 1.54) is 0 Å². The van der Waals surface area contributed by atoms with Gasteiger partial charge in [-0.2, -0.15) is 0 Å². The molecule has 0 amide bonds. The Labute approximate surface area is 92.9 Å². The Balaban J connectivity index is 2.11. The molecule has 3 heteroatoms. The van der Waals surface area contributed by atoms with E-state index >= 15 is 0 Å². The third kappa shape index (κ3) is 2.51. The number of phenols is 1. The number of halogens is 1. The summed E-state index contributed by atoms with van der Waals surface area (Å²) in [7, 11) is 0. The monoisotopic (exact) mass is 218 g/mol. The van der Waals surface area contributed by atoms with Crippen LogP contribution in [0.3, 0.4) is 0 Å². The normalized spacial score (nSPS) is 10.1. The molecule has 0 spiro atoms. The fourth-order valence-electron chi connectivity index (χ4n) is 1.30. The lowest BCUT2D eigenvalue weighted by Gasteiger charge is -2.05.